The Morgan fingerprint density at radius 1 is 1.21 bits per heavy atom. The summed E-state index contributed by atoms with van der Waals surface area (Å²) in [5, 5.41) is 40.5. The van der Waals surface area contributed by atoms with Crippen LogP contribution in [0.1, 0.15) is 32.6 Å². The average Bonchev–Trinajstić information content (AvgIpc) is 2.39. The smallest absolute Gasteiger partial charge is 0.220 e. The number of ether oxygens (including phenoxy) is 1. The molecule has 112 valence electrons. The van der Waals surface area contributed by atoms with Crippen LogP contribution in [-0.4, -0.2) is 63.6 Å². The van der Waals surface area contributed by atoms with Crippen LogP contribution in [-0.2, 0) is 9.53 Å². The maximum atomic E-state index is 11.6. The van der Waals surface area contributed by atoms with Crippen molar-refractivity contribution in [1.29, 1.82) is 0 Å². The highest BCUT2D eigenvalue weighted by Gasteiger charge is 2.44. The number of hydrogen-bond acceptors (Lipinski definition) is 6. The minimum absolute atomic E-state index is 0.295. The lowest BCUT2D eigenvalue weighted by molar-refractivity contribution is -0.253. The number of carbonyl (C=O) groups is 1. The Balaban J connectivity index is 2.50. The second-order valence-corrected chi connectivity index (χ2v) is 4.78. The summed E-state index contributed by atoms with van der Waals surface area (Å²) >= 11 is 0. The molecule has 7 nitrogen and oxygen atoms in total. The van der Waals surface area contributed by atoms with E-state index in [2.05, 4.69) is 5.32 Å². The molecule has 1 fully saturated rings. The minimum atomic E-state index is -1.45. The van der Waals surface area contributed by atoms with Gasteiger partial charge >= 0.3 is 0 Å². The largest absolute Gasteiger partial charge is 0.394 e. The van der Waals surface area contributed by atoms with Crippen LogP contribution in [0.5, 0.6) is 0 Å². The zero-order valence-corrected chi connectivity index (χ0v) is 11.0. The van der Waals surface area contributed by atoms with Crippen molar-refractivity contribution in [3.63, 3.8) is 0 Å². The molecule has 5 N–H and O–H groups in total. The first-order valence-corrected chi connectivity index (χ1v) is 6.61. The highest BCUT2D eigenvalue weighted by atomic mass is 16.6. The zero-order valence-electron chi connectivity index (χ0n) is 11.0. The third kappa shape index (κ3) is 4.39. The number of unbranched alkanes of at least 4 members (excludes halogenated alkanes) is 2. The standard InChI is InChI=1S/C12H23NO6/c1-2-3-4-5-8(15)13-9-11(17)10(16)7(6-14)19-12(9)18/h7,9-12,14,16-18H,2-6H2,1H3,(H,13,15)/t7-,9-,10+,11+,12-/m0/s1. The lowest BCUT2D eigenvalue weighted by Gasteiger charge is -2.40. The normalized spacial score (nSPS) is 35.1. The number of aliphatic hydroxyl groups excluding tert-OH is 4. The van der Waals surface area contributed by atoms with Crippen molar-refractivity contribution in [2.45, 2.75) is 63.3 Å². The number of carbonyl (C=O) groups excluding carboxylic acids is 1. The van der Waals surface area contributed by atoms with Crippen molar-refractivity contribution in [1.82, 2.24) is 5.32 Å². The van der Waals surface area contributed by atoms with Crippen LogP contribution in [0.2, 0.25) is 0 Å². The van der Waals surface area contributed by atoms with Gasteiger partial charge in [-0.3, -0.25) is 4.79 Å². The molecule has 1 heterocycles. The third-order valence-electron chi connectivity index (χ3n) is 3.24. The first kappa shape index (κ1) is 16.3. The quantitative estimate of drug-likeness (QED) is 0.376. The molecular formula is C12H23NO6. The van der Waals surface area contributed by atoms with Gasteiger partial charge in [0, 0.05) is 6.42 Å². The highest BCUT2D eigenvalue weighted by Crippen LogP contribution is 2.19. The fraction of sp³-hybridized carbons (Fsp3) is 0.917. The molecule has 1 aliphatic rings. The molecule has 1 rings (SSSR count). The van der Waals surface area contributed by atoms with Gasteiger partial charge in [0.1, 0.15) is 24.4 Å². The first-order valence-electron chi connectivity index (χ1n) is 6.61. The van der Waals surface area contributed by atoms with Crippen molar-refractivity contribution in [3.05, 3.63) is 0 Å². The van der Waals surface area contributed by atoms with Crippen molar-refractivity contribution >= 4 is 5.91 Å². The molecule has 0 aromatic carbocycles. The molecule has 0 radical (unpaired) electrons. The summed E-state index contributed by atoms with van der Waals surface area (Å²) in [6.07, 6.45) is -2.31. The molecule has 0 bridgehead atoms. The fourth-order valence-corrected chi connectivity index (χ4v) is 2.05. The van der Waals surface area contributed by atoms with Gasteiger partial charge in [0.2, 0.25) is 5.91 Å². The summed E-state index contributed by atoms with van der Waals surface area (Å²) in [7, 11) is 0. The summed E-state index contributed by atoms with van der Waals surface area (Å²) < 4.78 is 4.94. The predicted octanol–water partition coefficient (Wildman–Crippen LogP) is -1.52. The van der Waals surface area contributed by atoms with Crippen LogP contribution in [0.4, 0.5) is 0 Å². The Bertz CT molecular complexity index is 287. The van der Waals surface area contributed by atoms with Crippen molar-refractivity contribution in [2.24, 2.45) is 0 Å². The molecule has 1 aliphatic heterocycles. The van der Waals surface area contributed by atoms with Gasteiger partial charge in [-0.1, -0.05) is 19.8 Å². The van der Waals surface area contributed by atoms with E-state index in [0.717, 1.165) is 19.3 Å². The van der Waals surface area contributed by atoms with E-state index in [0.29, 0.717) is 6.42 Å². The van der Waals surface area contributed by atoms with Crippen molar-refractivity contribution < 1.29 is 30.0 Å². The maximum absolute atomic E-state index is 11.6. The van der Waals surface area contributed by atoms with Crippen LogP contribution < -0.4 is 5.32 Å². The Morgan fingerprint density at radius 3 is 2.47 bits per heavy atom. The molecule has 1 amide bonds. The molecule has 7 heteroatoms. The third-order valence-corrected chi connectivity index (χ3v) is 3.24. The summed E-state index contributed by atoms with van der Waals surface area (Å²) in [6, 6.07) is -1.09. The maximum Gasteiger partial charge on any atom is 0.220 e. The van der Waals surface area contributed by atoms with E-state index in [1.54, 1.807) is 0 Å². The molecule has 0 spiro atoms. The van der Waals surface area contributed by atoms with E-state index in [-0.39, 0.29) is 5.91 Å². The van der Waals surface area contributed by atoms with E-state index in [4.69, 9.17) is 9.84 Å². The molecule has 0 aromatic rings. The topological polar surface area (TPSA) is 119 Å². The van der Waals surface area contributed by atoms with E-state index in [1.165, 1.54) is 0 Å². The van der Waals surface area contributed by atoms with E-state index >= 15 is 0 Å². The van der Waals surface area contributed by atoms with E-state index in [1.807, 2.05) is 6.92 Å². The highest BCUT2D eigenvalue weighted by molar-refractivity contribution is 5.76. The number of amides is 1. The van der Waals surface area contributed by atoms with E-state index in [9.17, 15) is 20.1 Å². The zero-order chi connectivity index (χ0) is 14.4. The molecule has 0 aromatic heterocycles. The van der Waals surface area contributed by atoms with Gasteiger partial charge in [-0.25, -0.2) is 0 Å². The Hall–Kier alpha value is -0.730. The molecule has 5 atom stereocenters. The van der Waals surface area contributed by atoms with Gasteiger partial charge in [0.05, 0.1) is 6.61 Å². The van der Waals surface area contributed by atoms with E-state index < -0.39 is 37.3 Å². The van der Waals surface area contributed by atoms with Crippen LogP contribution >= 0.6 is 0 Å². The predicted molar refractivity (Wildman–Crippen MR) is 66.1 cm³/mol. The first-order chi connectivity index (χ1) is 9.01. The molecular weight excluding hydrogens is 254 g/mol. The molecule has 1 saturated heterocycles. The van der Waals surface area contributed by atoms with Gasteiger partial charge in [0.25, 0.3) is 0 Å². The fourth-order valence-electron chi connectivity index (χ4n) is 2.05. The van der Waals surface area contributed by atoms with Gasteiger partial charge in [0.15, 0.2) is 6.29 Å². The number of rotatable bonds is 6. The second-order valence-electron chi connectivity index (χ2n) is 4.78. The lowest BCUT2D eigenvalue weighted by Crippen LogP contribution is -2.64. The molecule has 0 aliphatic carbocycles. The van der Waals surface area contributed by atoms with Crippen LogP contribution in [0.3, 0.4) is 0 Å². The number of aliphatic hydroxyl groups is 4. The Labute approximate surface area is 112 Å². The Morgan fingerprint density at radius 2 is 1.89 bits per heavy atom. The van der Waals surface area contributed by atoms with Crippen molar-refractivity contribution in [2.75, 3.05) is 6.61 Å². The van der Waals surface area contributed by atoms with Gasteiger partial charge < -0.3 is 30.5 Å². The van der Waals surface area contributed by atoms with Gasteiger partial charge in [-0.15, -0.1) is 0 Å². The van der Waals surface area contributed by atoms with Gasteiger partial charge in [-0.05, 0) is 6.42 Å². The average molecular weight is 277 g/mol. The minimum Gasteiger partial charge on any atom is -0.394 e. The van der Waals surface area contributed by atoms with Crippen LogP contribution in [0.15, 0.2) is 0 Å². The van der Waals surface area contributed by atoms with Crippen LogP contribution in [0, 0.1) is 0 Å². The van der Waals surface area contributed by atoms with Gasteiger partial charge in [-0.2, -0.15) is 0 Å². The molecule has 19 heavy (non-hydrogen) atoms. The number of hydrogen-bond donors (Lipinski definition) is 5. The molecule has 0 saturated carbocycles. The monoisotopic (exact) mass is 277 g/mol. The second kappa shape index (κ2) is 7.76. The lowest BCUT2D eigenvalue weighted by atomic mass is 9.97. The summed E-state index contributed by atoms with van der Waals surface area (Å²) in [4.78, 5) is 11.6. The Kier molecular flexibility index (Phi) is 6.67. The molecule has 0 unspecified atom stereocenters. The summed E-state index contributed by atoms with van der Waals surface area (Å²) in [6.45, 7) is 1.50. The van der Waals surface area contributed by atoms with Crippen LogP contribution in [0.25, 0.3) is 0 Å². The van der Waals surface area contributed by atoms with Crippen molar-refractivity contribution in [3.8, 4) is 0 Å². The SMILES string of the molecule is CCCCCC(=O)N[C@H]1[C@@H](O)[C@H](O)[C@H](CO)O[C@@H]1O. The number of nitrogens with one attached hydrogen (secondary N) is 1. The summed E-state index contributed by atoms with van der Waals surface area (Å²) in [5.74, 6) is -0.310. The summed E-state index contributed by atoms with van der Waals surface area (Å²) in [5.41, 5.74) is 0.